The van der Waals surface area contributed by atoms with Crippen molar-refractivity contribution in [3.8, 4) is 0 Å². The van der Waals surface area contributed by atoms with Gasteiger partial charge < -0.3 is 10.6 Å². The van der Waals surface area contributed by atoms with Crippen molar-refractivity contribution in [3.05, 3.63) is 35.4 Å². The van der Waals surface area contributed by atoms with Crippen LogP contribution in [0.2, 0.25) is 0 Å². The number of nitrogens with zero attached hydrogens (tertiary/aromatic N) is 2. The molecule has 2 rings (SSSR count). The lowest BCUT2D eigenvalue weighted by Gasteiger charge is -2.34. The summed E-state index contributed by atoms with van der Waals surface area (Å²) < 4.78 is 0. The molecule has 1 aliphatic heterocycles. The van der Waals surface area contributed by atoms with E-state index in [1.165, 1.54) is 11.1 Å². The Balaban J connectivity index is 1.74. The van der Waals surface area contributed by atoms with Gasteiger partial charge in [-0.25, -0.2) is 0 Å². The van der Waals surface area contributed by atoms with Crippen LogP contribution in [0.4, 0.5) is 0 Å². The minimum absolute atomic E-state index is 0.276. The molecule has 4 nitrogen and oxygen atoms in total. The van der Waals surface area contributed by atoms with Gasteiger partial charge in [0.1, 0.15) is 0 Å². The third-order valence-electron chi connectivity index (χ3n) is 3.92. The summed E-state index contributed by atoms with van der Waals surface area (Å²) in [5.41, 5.74) is 8.06. The van der Waals surface area contributed by atoms with E-state index in [0.29, 0.717) is 13.0 Å². The highest BCUT2D eigenvalue weighted by Crippen LogP contribution is 2.09. The fourth-order valence-corrected chi connectivity index (χ4v) is 2.57. The van der Waals surface area contributed by atoms with Crippen LogP contribution in [0.25, 0.3) is 0 Å². The number of rotatable bonds is 5. The van der Waals surface area contributed by atoms with Crippen molar-refractivity contribution in [3.63, 3.8) is 0 Å². The van der Waals surface area contributed by atoms with Crippen LogP contribution in [0.15, 0.2) is 24.3 Å². The van der Waals surface area contributed by atoms with Crippen molar-refractivity contribution in [1.82, 2.24) is 9.80 Å². The highest BCUT2D eigenvalue weighted by Gasteiger charge is 2.20. The molecule has 4 heteroatoms. The number of nitrogens with two attached hydrogens (primary N) is 1. The van der Waals surface area contributed by atoms with E-state index in [4.69, 9.17) is 5.73 Å². The molecule has 0 atom stereocenters. The fourth-order valence-electron chi connectivity index (χ4n) is 2.57. The van der Waals surface area contributed by atoms with Crippen molar-refractivity contribution >= 4 is 5.91 Å². The quantitative estimate of drug-likeness (QED) is 0.873. The summed E-state index contributed by atoms with van der Waals surface area (Å²) in [4.78, 5) is 16.5. The first-order chi connectivity index (χ1) is 9.69. The molecule has 0 bridgehead atoms. The summed E-state index contributed by atoms with van der Waals surface area (Å²) in [5, 5.41) is 0. The van der Waals surface area contributed by atoms with Gasteiger partial charge in [-0.1, -0.05) is 29.8 Å². The molecule has 2 N–H and O–H groups in total. The summed E-state index contributed by atoms with van der Waals surface area (Å²) in [6.45, 7) is 7.29. The molecule has 1 amide bonds. The van der Waals surface area contributed by atoms with Gasteiger partial charge >= 0.3 is 0 Å². The molecule has 0 unspecified atom stereocenters. The molecule has 1 aliphatic rings. The van der Waals surface area contributed by atoms with Crippen LogP contribution in [0.3, 0.4) is 0 Å². The predicted octanol–water partition coefficient (Wildman–Crippen LogP) is 1.03. The molecule has 0 aromatic heterocycles. The molecule has 1 saturated heterocycles. The van der Waals surface area contributed by atoms with Crippen LogP contribution in [0.5, 0.6) is 0 Å². The first kappa shape index (κ1) is 15.0. The zero-order chi connectivity index (χ0) is 14.4. The lowest BCUT2D eigenvalue weighted by atomic mass is 10.1. The summed E-state index contributed by atoms with van der Waals surface area (Å²) in [5.74, 6) is 0.276. The molecule has 1 fully saturated rings. The maximum Gasteiger partial charge on any atom is 0.222 e. The molecule has 0 saturated carbocycles. The average Bonchev–Trinajstić information content (AvgIpc) is 2.47. The van der Waals surface area contributed by atoms with Crippen LogP contribution < -0.4 is 5.73 Å². The summed E-state index contributed by atoms with van der Waals surface area (Å²) >= 11 is 0. The van der Waals surface area contributed by atoms with E-state index < -0.39 is 0 Å². The number of carbonyl (C=O) groups excluding carboxylic acids is 1. The van der Waals surface area contributed by atoms with E-state index >= 15 is 0 Å². The third-order valence-corrected chi connectivity index (χ3v) is 3.92. The zero-order valence-corrected chi connectivity index (χ0v) is 12.3. The third kappa shape index (κ3) is 4.32. The minimum atomic E-state index is 0.276. The minimum Gasteiger partial charge on any atom is -0.340 e. The number of piperazine rings is 1. The number of carbonyl (C=O) groups is 1. The summed E-state index contributed by atoms with van der Waals surface area (Å²) in [6.07, 6.45) is 1.45. The molecule has 110 valence electrons. The van der Waals surface area contributed by atoms with Crippen LogP contribution >= 0.6 is 0 Å². The van der Waals surface area contributed by atoms with Gasteiger partial charge in [-0.05, 0) is 18.9 Å². The monoisotopic (exact) mass is 275 g/mol. The molecule has 0 radical (unpaired) electrons. The molecular formula is C16H25N3O. The first-order valence-electron chi connectivity index (χ1n) is 7.45. The fraction of sp³-hybridized carbons (Fsp3) is 0.562. The molecular weight excluding hydrogens is 250 g/mol. The summed E-state index contributed by atoms with van der Waals surface area (Å²) in [7, 11) is 0. The molecule has 20 heavy (non-hydrogen) atoms. The second kappa shape index (κ2) is 7.41. The van der Waals surface area contributed by atoms with E-state index in [1.54, 1.807) is 0 Å². The SMILES string of the molecule is Cc1ccc(CCC(=O)N2CCN(CCN)CC2)cc1. The Morgan fingerprint density at radius 2 is 1.80 bits per heavy atom. The lowest BCUT2D eigenvalue weighted by molar-refractivity contribution is -0.132. The Hall–Kier alpha value is -1.39. The van der Waals surface area contributed by atoms with Crippen LogP contribution in [-0.4, -0.2) is 55.0 Å². The molecule has 1 aromatic carbocycles. The van der Waals surface area contributed by atoms with E-state index in [2.05, 4.69) is 36.1 Å². The van der Waals surface area contributed by atoms with E-state index in [0.717, 1.165) is 39.1 Å². The smallest absolute Gasteiger partial charge is 0.222 e. The Bertz CT molecular complexity index is 422. The van der Waals surface area contributed by atoms with Crippen molar-refractivity contribution < 1.29 is 4.79 Å². The number of aryl methyl sites for hydroxylation is 2. The normalized spacial score (nSPS) is 16.4. The first-order valence-corrected chi connectivity index (χ1v) is 7.45. The van der Waals surface area contributed by atoms with Crippen molar-refractivity contribution in [2.24, 2.45) is 5.73 Å². The van der Waals surface area contributed by atoms with Gasteiger partial charge in [0.05, 0.1) is 0 Å². The van der Waals surface area contributed by atoms with E-state index in [-0.39, 0.29) is 5.91 Å². The average molecular weight is 275 g/mol. The van der Waals surface area contributed by atoms with Crippen LogP contribution in [-0.2, 0) is 11.2 Å². The van der Waals surface area contributed by atoms with Crippen LogP contribution in [0.1, 0.15) is 17.5 Å². The highest BCUT2D eigenvalue weighted by atomic mass is 16.2. The molecule has 0 spiro atoms. The largest absolute Gasteiger partial charge is 0.340 e. The zero-order valence-electron chi connectivity index (χ0n) is 12.3. The Kier molecular flexibility index (Phi) is 5.56. The van der Waals surface area contributed by atoms with E-state index in [1.807, 2.05) is 4.90 Å². The number of amides is 1. The second-order valence-corrected chi connectivity index (χ2v) is 5.50. The summed E-state index contributed by atoms with van der Waals surface area (Å²) in [6, 6.07) is 8.43. The second-order valence-electron chi connectivity index (χ2n) is 5.50. The number of hydrogen-bond donors (Lipinski definition) is 1. The van der Waals surface area contributed by atoms with E-state index in [9.17, 15) is 4.79 Å². The molecule has 0 aliphatic carbocycles. The highest BCUT2D eigenvalue weighted by molar-refractivity contribution is 5.76. The number of benzene rings is 1. The predicted molar refractivity (Wildman–Crippen MR) is 81.6 cm³/mol. The maximum atomic E-state index is 12.2. The topological polar surface area (TPSA) is 49.6 Å². The Labute approximate surface area is 121 Å². The lowest BCUT2D eigenvalue weighted by Crippen LogP contribution is -2.49. The van der Waals surface area contributed by atoms with Crippen molar-refractivity contribution in [1.29, 1.82) is 0 Å². The Morgan fingerprint density at radius 3 is 2.40 bits per heavy atom. The number of hydrogen-bond acceptors (Lipinski definition) is 3. The molecule has 1 heterocycles. The Morgan fingerprint density at radius 1 is 1.15 bits per heavy atom. The van der Waals surface area contributed by atoms with Gasteiger partial charge in [0.25, 0.3) is 0 Å². The van der Waals surface area contributed by atoms with Gasteiger partial charge in [-0.15, -0.1) is 0 Å². The van der Waals surface area contributed by atoms with Crippen LogP contribution in [0, 0.1) is 6.92 Å². The molecule has 1 aromatic rings. The van der Waals surface area contributed by atoms with Crippen molar-refractivity contribution in [2.45, 2.75) is 19.8 Å². The van der Waals surface area contributed by atoms with Gasteiger partial charge in [0.15, 0.2) is 0 Å². The van der Waals surface area contributed by atoms with Crippen molar-refractivity contribution in [2.75, 3.05) is 39.3 Å². The van der Waals surface area contributed by atoms with Gasteiger partial charge in [-0.3, -0.25) is 9.69 Å². The van der Waals surface area contributed by atoms with Gasteiger partial charge in [-0.2, -0.15) is 0 Å². The van der Waals surface area contributed by atoms with Gasteiger partial charge in [0, 0.05) is 45.7 Å². The van der Waals surface area contributed by atoms with Gasteiger partial charge in [0.2, 0.25) is 5.91 Å². The maximum absolute atomic E-state index is 12.2. The standard InChI is InChI=1S/C16H25N3O/c1-14-2-4-15(5-3-14)6-7-16(20)19-12-10-18(9-8-17)11-13-19/h2-5H,6-13,17H2,1H3.